The monoisotopic (exact) mass is 310 g/mol. The van der Waals surface area contributed by atoms with Crippen LogP contribution in [-0.4, -0.2) is 9.38 Å². The van der Waals surface area contributed by atoms with Gasteiger partial charge in [-0.05, 0) is 24.1 Å². The van der Waals surface area contributed by atoms with Crippen molar-refractivity contribution < 1.29 is 0 Å². The maximum Gasteiger partial charge on any atom is 0.140 e. The minimum Gasteiger partial charge on any atom is -0.299 e. The fourth-order valence-corrected chi connectivity index (χ4v) is 3.07. The molecule has 0 N–H and O–H groups in total. The van der Waals surface area contributed by atoms with Crippen LogP contribution in [0.25, 0.3) is 22.5 Å². The van der Waals surface area contributed by atoms with E-state index in [0.717, 1.165) is 39.3 Å². The van der Waals surface area contributed by atoms with E-state index in [4.69, 9.17) is 4.98 Å². The first-order valence-electron chi connectivity index (χ1n) is 8.03. The molecular weight excluding hydrogens is 292 g/mol. The normalized spacial score (nSPS) is 10.9. The molecule has 0 fully saturated rings. The molecule has 2 aromatic heterocycles. The molecule has 2 heterocycles. The fourth-order valence-electron chi connectivity index (χ4n) is 3.07. The summed E-state index contributed by atoms with van der Waals surface area (Å²) in [5.41, 5.74) is 7.34. The van der Waals surface area contributed by atoms with Gasteiger partial charge in [-0.15, -0.1) is 0 Å². The number of aromatic nitrogens is 2. The van der Waals surface area contributed by atoms with Gasteiger partial charge in [0.05, 0.1) is 11.4 Å². The van der Waals surface area contributed by atoms with Crippen LogP contribution in [0.2, 0.25) is 0 Å². The van der Waals surface area contributed by atoms with E-state index in [9.17, 15) is 0 Å². The number of hydrogen-bond acceptors (Lipinski definition) is 1. The summed E-state index contributed by atoms with van der Waals surface area (Å²) in [5, 5.41) is 0. The van der Waals surface area contributed by atoms with E-state index in [-0.39, 0.29) is 0 Å². The molecule has 0 aliphatic heterocycles. The van der Waals surface area contributed by atoms with Crippen molar-refractivity contribution in [3.8, 4) is 11.3 Å². The zero-order valence-corrected chi connectivity index (χ0v) is 13.6. The van der Waals surface area contributed by atoms with E-state index >= 15 is 0 Å². The van der Waals surface area contributed by atoms with Crippen molar-refractivity contribution in [2.45, 2.75) is 6.92 Å². The Kier molecular flexibility index (Phi) is 3.51. The van der Waals surface area contributed by atoms with Crippen LogP contribution in [-0.2, 0) is 0 Å². The fraction of sp³-hybridized carbons (Fsp3) is 0.0455. The smallest absolute Gasteiger partial charge is 0.140 e. The van der Waals surface area contributed by atoms with Gasteiger partial charge in [0.15, 0.2) is 0 Å². The summed E-state index contributed by atoms with van der Waals surface area (Å²) in [6.45, 7) is 6.46. The van der Waals surface area contributed by atoms with Gasteiger partial charge in [0.25, 0.3) is 0 Å². The first kappa shape index (κ1) is 14.5. The highest BCUT2D eigenvalue weighted by molar-refractivity contribution is 5.86. The lowest BCUT2D eigenvalue weighted by molar-refractivity contribution is 1.14. The van der Waals surface area contributed by atoms with Crippen LogP contribution in [0.4, 0.5) is 0 Å². The van der Waals surface area contributed by atoms with Gasteiger partial charge < -0.3 is 0 Å². The molecule has 116 valence electrons. The van der Waals surface area contributed by atoms with Gasteiger partial charge in [-0.3, -0.25) is 4.40 Å². The summed E-state index contributed by atoms with van der Waals surface area (Å²) < 4.78 is 2.15. The number of imidazole rings is 1. The number of hydrogen-bond donors (Lipinski definition) is 0. The van der Waals surface area contributed by atoms with Gasteiger partial charge in [0.2, 0.25) is 0 Å². The summed E-state index contributed by atoms with van der Waals surface area (Å²) in [6.07, 6.45) is 2.06. The number of nitrogens with zero attached hydrogens (tertiary/aromatic N) is 2. The maximum absolute atomic E-state index is 4.93. The third-order valence-electron chi connectivity index (χ3n) is 4.30. The lowest BCUT2D eigenvalue weighted by Crippen LogP contribution is -1.95. The molecule has 0 aliphatic rings. The second kappa shape index (κ2) is 5.82. The van der Waals surface area contributed by atoms with E-state index in [2.05, 4.69) is 60.5 Å². The topological polar surface area (TPSA) is 17.3 Å². The zero-order chi connectivity index (χ0) is 16.5. The average molecular weight is 310 g/mol. The van der Waals surface area contributed by atoms with Gasteiger partial charge in [-0.2, -0.15) is 0 Å². The van der Waals surface area contributed by atoms with Crippen LogP contribution in [0.1, 0.15) is 16.8 Å². The molecule has 0 atom stereocenters. The lowest BCUT2D eigenvalue weighted by Gasteiger charge is -2.09. The van der Waals surface area contributed by atoms with E-state index in [1.54, 1.807) is 0 Å². The third-order valence-corrected chi connectivity index (χ3v) is 4.30. The molecule has 4 rings (SSSR count). The largest absolute Gasteiger partial charge is 0.299 e. The van der Waals surface area contributed by atoms with Gasteiger partial charge in [0.1, 0.15) is 5.65 Å². The molecule has 2 nitrogen and oxygen atoms in total. The van der Waals surface area contributed by atoms with Crippen molar-refractivity contribution >= 4 is 11.2 Å². The summed E-state index contributed by atoms with van der Waals surface area (Å²) in [7, 11) is 0. The van der Waals surface area contributed by atoms with Crippen molar-refractivity contribution in [2.24, 2.45) is 0 Å². The lowest BCUT2D eigenvalue weighted by atomic mass is 10.00. The Bertz CT molecular complexity index is 1010. The molecule has 0 radical (unpaired) electrons. The number of rotatable bonds is 3. The summed E-state index contributed by atoms with van der Waals surface area (Å²) in [5.74, 6) is 0. The van der Waals surface area contributed by atoms with Gasteiger partial charge >= 0.3 is 0 Å². The average Bonchev–Trinajstić information content (AvgIpc) is 3.03. The van der Waals surface area contributed by atoms with Crippen molar-refractivity contribution in [2.75, 3.05) is 0 Å². The Morgan fingerprint density at radius 1 is 0.875 bits per heavy atom. The van der Waals surface area contributed by atoms with Gasteiger partial charge in [-0.1, -0.05) is 73.3 Å². The second-order valence-corrected chi connectivity index (χ2v) is 5.90. The van der Waals surface area contributed by atoms with Crippen LogP contribution in [0, 0.1) is 6.92 Å². The standard InChI is InChI=1S/C22H18N2/c1-16-10-9-15-24-21(17(2)18-11-5-3-6-12-18)20(23-22(16)24)19-13-7-4-8-14-19/h3-15H,2H2,1H3. The van der Waals surface area contributed by atoms with Crippen molar-refractivity contribution in [3.05, 3.63) is 102 Å². The Balaban J connectivity index is 2.02. The van der Waals surface area contributed by atoms with Crippen LogP contribution in [0.5, 0.6) is 0 Å². The number of fused-ring (bicyclic) bond motifs is 1. The predicted octanol–water partition coefficient (Wildman–Crippen LogP) is 5.37. The Labute approximate surface area is 141 Å². The summed E-state index contributed by atoms with van der Waals surface area (Å²) >= 11 is 0. The number of aryl methyl sites for hydroxylation is 1. The van der Waals surface area contributed by atoms with Crippen LogP contribution in [0.15, 0.2) is 85.6 Å². The second-order valence-electron chi connectivity index (χ2n) is 5.90. The van der Waals surface area contributed by atoms with Crippen molar-refractivity contribution in [1.29, 1.82) is 0 Å². The van der Waals surface area contributed by atoms with E-state index in [1.807, 2.05) is 36.4 Å². The highest BCUT2D eigenvalue weighted by Gasteiger charge is 2.18. The molecule has 24 heavy (non-hydrogen) atoms. The summed E-state index contributed by atoms with van der Waals surface area (Å²) in [4.78, 5) is 4.93. The Morgan fingerprint density at radius 2 is 1.54 bits per heavy atom. The van der Waals surface area contributed by atoms with Crippen LogP contribution >= 0.6 is 0 Å². The Hall–Kier alpha value is -3.13. The molecular formula is C22H18N2. The Morgan fingerprint density at radius 3 is 2.25 bits per heavy atom. The molecule has 2 heteroatoms. The summed E-state index contributed by atoms with van der Waals surface area (Å²) in [6, 6.07) is 24.7. The van der Waals surface area contributed by atoms with Crippen LogP contribution < -0.4 is 0 Å². The predicted molar refractivity (Wildman–Crippen MR) is 99.9 cm³/mol. The SMILES string of the molecule is C=C(c1ccccc1)c1c(-c2ccccc2)nc2c(C)cccn12. The van der Waals surface area contributed by atoms with Gasteiger partial charge in [-0.25, -0.2) is 4.98 Å². The van der Waals surface area contributed by atoms with Crippen LogP contribution in [0.3, 0.4) is 0 Å². The minimum atomic E-state index is 0.971. The molecule has 0 unspecified atom stereocenters. The molecule has 2 aromatic carbocycles. The molecule has 0 saturated carbocycles. The minimum absolute atomic E-state index is 0.971. The molecule has 0 saturated heterocycles. The van der Waals surface area contributed by atoms with Gasteiger partial charge in [0, 0.05) is 17.3 Å². The molecule has 0 spiro atoms. The molecule has 0 aliphatic carbocycles. The highest BCUT2D eigenvalue weighted by atomic mass is 15.0. The first-order chi connectivity index (χ1) is 11.8. The molecule has 0 bridgehead atoms. The molecule has 0 amide bonds. The quantitative estimate of drug-likeness (QED) is 0.497. The van der Waals surface area contributed by atoms with Crippen molar-refractivity contribution in [3.63, 3.8) is 0 Å². The van der Waals surface area contributed by atoms with Crippen molar-refractivity contribution in [1.82, 2.24) is 9.38 Å². The number of pyridine rings is 1. The highest BCUT2D eigenvalue weighted by Crippen LogP contribution is 2.32. The first-order valence-corrected chi connectivity index (χ1v) is 8.03. The van der Waals surface area contributed by atoms with E-state index < -0.39 is 0 Å². The number of benzene rings is 2. The van der Waals surface area contributed by atoms with E-state index in [0.29, 0.717) is 0 Å². The maximum atomic E-state index is 4.93. The molecule has 4 aromatic rings. The third kappa shape index (κ3) is 2.33. The van der Waals surface area contributed by atoms with E-state index in [1.165, 1.54) is 0 Å². The zero-order valence-electron chi connectivity index (χ0n) is 13.6.